The maximum atomic E-state index is 12.7. The number of fused-ring (bicyclic) bond motifs is 1. The first kappa shape index (κ1) is 19.5. The number of hydrogen-bond acceptors (Lipinski definition) is 3. The summed E-state index contributed by atoms with van der Waals surface area (Å²) >= 11 is 0. The molecule has 0 aliphatic heterocycles. The molecule has 6 nitrogen and oxygen atoms in total. The van der Waals surface area contributed by atoms with E-state index in [1.54, 1.807) is 17.7 Å². The third kappa shape index (κ3) is 4.12. The largest absolute Gasteiger partial charge is 0.483 e. The number of benzene rings is 2. The first-order chi connectivity index (χ1) is 14.5. The number of ether oxygens (including phenoxy) is 1. The number of nitrogens with one attached hydrogen (secondary N) is 1. The maximum Gasteiger partial charge on any atom is 0.244 e. The molecule has 0 atom stereocenters. The number of amides is 1. The molecular formula is C24H23N3O3. The van der Waals surface area contributed by atoms with Crippen molar-refractivity contribution in [3.05, 3.63) is 94.5 Å². The summed E-state index contributed by atoms with van der Waals surface area (Å²) in [6.07, 6.45) is 3.56. The van der Waals surface area contributed by atoms with Crippen LogP contribution >= 0.6 is 0 Å². The van der Waals surface area contributed by atoms with Gasteiger partial charge < -0.3 is 19.2 Å². The van der Waals surface area contributed by atoms with E-state index in [0.717, 1.165) is 22.2 Å². The van der Waals surface area contributed by atoms with Gasteiger partial charge in [-0.3, -0.25) is 9.59 Å². The summed E-state index contributed by atoms with van der Waals surface area (Å²) in [4.78, 5) is 25.0. The second kappa shape index (κ2) is 8.29. The molecule has 0 aliphatic carbocycles. The van der Waals surface area contributed by atoms with Crippen molar-refractivity contribution in [2.75, 3.05) is 5.32 Å². The molecule has 0 unspecified atom stereocenters. The second-order valence-corrected chi connectivity index (χ2v) is 7.26. The SMILES string of the molecule is Cc1cc(=O)c(OCc2ccccc2)cn1CC(=O)Nc1cccc2c1ccn2C. The smallest absolute Gasteiger partial charge is 0.244 e. The summed E-state index contributed by atoms with van der Waals surface area (Å²) < 4.78 is 9.44. The number of carbonyl (C=O) groups is 1. The van der Waals surface area contributed by atoms with Crippen LogP contribution in [-0.4, -0.2) is 15.0 Å². The first-order valence-corrected chi connectivity index (χ1v) is 9.73. The molecule has 0 spiro atoms. The number of anilines is 1. The topological polar surface area (TPSA) is 65.3 Å². The molecule has 2 aromatic carbocycles. The summed E-state index contributed by atoms with van der Waals surface area (Å²) in [7, 11) is 1.97. The fourth-order valence-electron chi connectivity index (χ4n) is 3.42. The van der Waals surface area contributed by atoms with Crippen molar-refractivity contribution in [2.24, 2.45) is 7.05 Å². The lowest BCUT2D eigenvalue weighted by Gasteiger charge is -2.14. The number of carbonyl (C=O) groups excluding carboxylic acids is 1. The van der Waals surface area contributed by atoms with Crippen LogP contribution in [0, 0.1) is 6.92 Å². The van der Waals surface area contributed by atoms with E-state index in [-0.39, 0.29) is 23.6 Å². The van der Waals surface area contributed by atoms with Gasteiger partial charge in [0.25, 0.3) is 0 Å². The van der Waals surface area contributed by atoms with Crippen LogP contribution in [-0.2, 0) is 25.0 Å². The fourth-order valence-corrected chi connectivity index (χ4v) is 3.42. The Labute approximate surface area is 174 Å². The van der Waals surface area contributed by atoms with E-state index >= 15 is 0 Å². The van der Waals surface area contributed by atoms with E-state index < -0.39 is 0 Å². The van der Waals surface area contributed by atoms with Crippen molar-refractivity contribution < 1.29 is 9.53 Å². The molecule has 152 valence electrons. The van der Waals surface area contributed by atoms with Crippen LogP contribution in [0.25, 0.3) is 10.9 Å². The van der Waals surface area contributed by atoms with Gasteiger partial charge in [-0.25, -0.2) is 0 Å². The predicted molar refractivity (Wildman–Crippen MR) is 118 cm³/mol. The molecule has 0 saturated carbocycles. The van der Waals surface area contributed by atoms with E-state index in [1.807, 2.05) is 72.4 Å². The highest BCUT2D eigenvalue weighted by atomic mass is 16.5. The molecule has 0 bridgehead atoms. The van der Waals surface area contributed by atoms with Gasteiger partial charge in [-0.1, -0.05) is 36.4 Å². The van der Waals surface area contributed by atoms with Crippen molar-refractivity contribution in [1.82, 2.24) is 9.13 Å². The zero-order valence-corrected chi connectivity index (χ0v) is 17.0. The number of rotatable bonds is 6. The van der Waals surface area contributed by atoms with Crippen LogP contribution in [0.15, 0.2) is 77.9 Å². The van der Waals surface area contributed by atoms with E-state index in [9.17, 15) is 9.59 Å². The molecule has 1 amide bonds. The minimum atomic E-state index is -0.200. The van der Waals surface area contributed by atoms with Gasteiger partial charge in [0, 0.05) is 35.9 Å². The van der Waals surface area contributed by atoms with Crippen molar-refractivity contribution in [1.29, 1.82) is 0 Å². The summed E-state index contributed by atoms with van der Waals surface area (Å²) in [5, 5.41) is 3.96. The third-order valence-electron chi connectivity index (χ3n) is 5.06. The normalized spacial score (nSPS) is 10.9. The van der Waals surface area contributed by atoms with Crippen molar-refractivity contribution >= 4 is 22.5 Å². The molecule has 0 fully saturated rings. The minimum Gasteiger partial charge on any atom is -0.483 e. The Hall–Kier alpha value is -3.80. The van der Waals surface area contributed by atoms with Gasteiger partial charge >= 0.3 is 0 Å². The summed E-state index contributed by atoms with van der Waals surface area (Å²) in [6, 6.07) is 18.9. The Balaban J connectivity index is 1.50. The van der Waals surface area contributed by atoms with Crippen molar-refractivity contribution in [2.45, 2.75) is 20.1 Å². The Bertz CT molecular complexity index is 1260. The van der Waals surface area contributed by atoms with Gasteiger partial charge in [0.1, 0.15) is 13.2 Å². The van der Waals surface area contributed by atoms with Crippen LogP contribution in [0.5, 0.6) is 5.75 Å². The lowest BCUT2D eigenvalue weighted by Crippen LogP contribution is -2.22. The standard InChI is InChI=1S/C24H23N3O3/c1-17-13-22(28)23(30-16-18-7-4-3-5-8-18)14-27(17)15-24(29)25-20-9-6-10-21-19(20)11-12-26(21)2/h3-14H,15-16H2,1-2H3,(H,25,29). The van der Waals surface area contributed by atoms with E-state index in [4.69, 9.17) is 4.74 Å². The van der Waals surface area contributed by atoms with Crippen LogP contribution in [0.4, 0.5) is 5.69 Å². The second-order valence-electron chi connectivity index (χ2n) is 7.26. The molecule has 2 aromatic heterocycles. The fraction of sp³-hybridized carbons (Fsp3) is 0.167. The minimum absolute atomic E-state index is 0.0804. The van der Waals surface area contributed by atoms with Gasteiger partial charge in [0.2, 0.25) is 11.3 Å². The molecule has 4 rings (SSSR count). The molecule has 4 aromatic rings. The zero-order chi connectivity index (χ0) is 21.1. The van der Waals surface area contributed by atoms with Crippen molar-refractivity contribution in [3.8, 4) is 5.75 Å². The average molecular weight is 401 g/mol. The van der Waals surface area contributed by atoms with Crippen molar-refractivity contribution in [3.63, 3.8) is 0 Å². The van der Waals surface area contributed by atoms with Gasteiger partial charge in [0.15, 0.2) is 5.75 Å². The molecule has 2 heterocycles. The Morgan fingerprint density at radius 1 is 1.07 bits per heavy atom. The van der Waals surface area contributed by atoms with Gasteiger partial charge in [-0.2, -0.15) is 0 Å². The number of aryl methyl sites for hydroxylation is 2. The highest BCUT2D eigenvalue weighted by molar-refractivity contribution is 6.01. The molecule has 0 radical (unpaired) electrons. The number of pyridine rings is 1. The molecule has 1 N–H and O–H groups in total. The maximum absolute atomic E-state index is 12.7. The number of nitrogens with zero attached hydrogens (tertiary/aromatic N) is 2. The quantitative estimate of drug-likeness (QED) is 0.533. The average Bonchev–Trinajstić information content (AvgIpc) is 3.12. The Kier molecular flexibility index (Phi) is 5.39. The molecule has 6 heteroatoms. The van der Waals surface area contributed by atoms with Crippen LogP contribution in [0.2, 0.25) is 0 Å². The Morgan fingerprint density at radius 3 is 2.67 bits per heavy atom. The summed E-state index contributed by atoms with van der Waals surface area (Å²) in [5.74, 6) is 0.0505. The van der Waals surface area contributed by atoms with Gasteiger partial charge in [-0.05, 0) is 30.7 Å². The predicted octanol–water partition coefficient (Wildman–Crippen LogP) is 3.87. The van der Waals surface area contributed by atoms with Crippen LogP contribution < -0.4 is 15.5 Å². The first-order valence-electron chi connectivity index (χ1n) is 9.73. The van der Waals surface area contributed by atoms with Crippen LogP contribution in [0.1, 0.15) is 11.3 Å². The number of aromatic nitrogens is 2. The third-order valence-corrected chi connectivity index (χ3v) is 5.06. The van der Waals surface area contributed by atoms with E-state index in [0.29, 0.717) is 12.3 Å². The molecular weight excluding hydrogens is 378 g/mol. The monoisotopic (exact) mass is 401 g/mol. The number of hydrogen-bond donors (Lipinski definition) is 1. The summed E-state index contributed by atoms with van der Waals surface area (Å²) in [6.45, 7) is 2.17. The van der Waals surface area contributed by atoms with Crippen LogP contribution in [0.3, 0.4) is 0 Å². The van der Waals surface area contributed by atoms with Gasteiger partial charge in [0.05, 0.1) is 11.9 Å². The highest BCUT2D eigenvalue weighted by Crippen LogP contribution is 2.24. The highest BCUT2D eigenvalue weighted by Gasteiger charge is 2.11. The lowest BCUT2D eigenvalue weighted by atomic mass is 10.2. The zero-order valence-electron chi connectivity index (χ0n) is 17.0. The van der Waals surface area contributed by atoms with E-state index in [2.05, 4.69) is 5.32 Å². The van der Waals surface area contributed by atoms with Gasteiger partial charge in [-0.15, -0.1) is 0 Å². The molecule has 0 saturated heterocycles. The Morgan fingerprint density at radius 2 is 1.87 bits per heavy atom. The summed E-state index contributed by atoms with van der Waals surface area (Å²) in [5.41, 5.74) is 3.27. The lowest BCUT2D eigenvalue weighted by molar-refractivity contribution is -0.116. The molecule has 0 aliphatic rings. The molecule has 30 heavy (non-hydrogen) atoms. The van der Waals surface area contributed by atoms with E-state index in [1.165, 1.54) is 6.07 Å².